The minimum atomic E-state index is 0.172. The third-order valence-electron chi connectivity index (χ3n) is 1.90. The summed E-state index contributed by atoms with van der Waals surface area (Å²) in [7, 11) is 0. The number of hydrogen-bond donors (Lipinski definition) is 0. The summed E-state index contributed by atoms with van der Waals surface area (Å²) in [5.41, 5.74) is 1.62. The second-order valence-electron chi connectivity index (χ2n) is 3.06. The molecule has 1 aromatic carbocycles. The van der Waals surface area contributed by atoms with Gasteiger partial charge in [0.1, 0.15) is 0 Å². The van der Waals surface area contributed by atoms with Gasteiger partial charge in [-0.05, 0) is 12.1 Å². The first kappa shape index (κ1) is 10.1. The molecule has 16 heavy (non-hydrogen) atoms. The summed E-state index contributed by atoms with van der Waals surface area (Å²) in [5, 5.41) is 0. The van der Waals surface area contributed by atoms with Gasteiger partial charge in [-0.15, -0.1) is 0 Å². The fourth-order valence-electron chi connectivity index (χ4n) is 1.13. The summed E-state index contributed by atoms with van der Waals surface area (Å²) in [4.78, 5) is 18.0. The Morgan fingerprint density at radius 3 is 2.19 bits per heavy atom. The second kappa shape index (κ2) is 4.85. The largest absolute Gasteiger partial charge is 0.294 e. The molecule has 0 unspecified atom stereocenters. The average Bonchev–Trinajstić information content (AvgIpc) is 2.38. The van der Waals surface area contributed by atoms with Crippen LogP contribution in [0.2, 0.25) is 0 Å². The van der Waals surface area contributed by atoms with Crippen LogP contribution >= 0.6 is 0 Å². The number of aldehydes is 1. The number of aromatic nitrogens is 2. The molecule has 3 heteroatoms. The van der Waals surface area contributed by atoms with Crippen LogP contribution in [-0.2, 0) is 0 Å². The predicted octanol–water partition coefficient (Wildman–Crippen LogP) is 1.69. The first-order chi connectivity index (χ1) is 7.88. The van der Waals surface area contributed by atoms with Crippen molar-refractivity contribution >= 4 is 6.29 Å². The van der Waals surface area contributed by atoms with Gasteiger partial charge in [-0.1, -0.05) is 30.0 Å². The molecule has 0 aliphatic carbocycles. The van der Waals surface area contributed by atoms with E-state index in [2.05, 4.69) is 21.8 Å². The van der Waals surface area contributed by atoms with Gasteiger partial charge in [0, 0.05) is 18.0 Å². The molecule has 0 atom stereocenters. The highest BCUT2D eigenvalue weighted by Gasteiger charge is 1.92. The third kappa shape index (κ3) is 2.52. The fourth-order valence-corrected chi connectivity index (χ4v) is 1.13. The minimum Gasteiger partial charge on any atom is -0.294 e. The van der Waals surface area contributed by atoms with Gasteiger partial charge < -0.3 is 0 Å². The zero-order chi connectivity index (χ0) is 11.2. The summed E-state index contributed by atoms with van der Waals surface area (Å²) in [6, 6.07) is 9.64. The standard InChI is InChI=1S/C13H8N2O/c16-10-13-14-8-12(9-15-13)7-6-11-4-2-1-3-5-11/h1-5,8-10H. The van der Waals surface area contributed by atoms with Crippen molar-refractivity contribution in [3.8, 4) is 11.8 Å². The number of benzene rings is 1. The van der Waals surface area contributed by atoms with E-state index in [1.807, 2.05) is 30.3 Å². The van der Waals surface area contributed by atoms with Crippen LogP contribution in [0.15, 0.2) is 42.7 Å². The van der Waals surface area contributed by atoms with Crippen molar-refractivity contribution in [1.82, 2.24) is 9.97 Å². The van der Waals surface area contributed by atoms with E-state index in [-0.39, 0.29) is 5.82 Å². The Hall–Kier alpha value is -2.47. The summed E-state index contributed by atoms with van der Waals surface area (Å²) in [6.07, 6.45) is 3.67. The van der Waals surface area contributed by atoms with E-state index in [1.165, 1.54) is 12.4 Å². The molecule has 0 saturated heterocycles. The van der Waals surface area contributed by atoms with Gasteiger partial charge in [0.25, 0.3) is 0 Å². The Kier molecular flexibility index (Phi) is 3.05. The van der Waals surface area contributed by atoms with Gasteiger partial charge in [-0.25, -0.2) is 9.97 Å². The number of carbonyl (C=O) groups is 1. The van der Waals surface area contributed by atoms with Crippen molar-refractivity contribution in [2.24, 2.45) is 0 Å². The molecule has 0 aliphatic rings. The van der Waals surface area contributed by atoms with Crippen molar-refractivity contribution in [3.05, 3.63) is 59.7 Å². The number of rotatable bonds is 1. The normalized spacial score (nSPS) is 9.00. The van der Waals surface area contributed by atoms with E-state index in [4.69, 9.17) is 0 Å². The molecule has 0 amide bonds. The maximum atomic E-state index is 10.3. The molecule has 0 saturated carbocycles. The highest BCUT2D eigenvalue weighted by Crippen LogP contribution is 1.97. The Bertz CT molecular complexity index is 536. The number of hydrogen-bond acceptors (Lipinski definition) is 3. The van der Waals surface area contributed by atoms with Crippen LogP contribution < -0.4 is 0 Å². The lowest BCUT2D eigenvalue weighted by atomic mass is 10.2. The van der Waals surface area contributed by atoms with Crippen LogP contribution in [0, 0.1) is 11.8 Å². The van der Waals surface area contributed by atoms with Crippen molar-refractivity contribution in [2.45, 2.75) is 0 Å². The van der Waals surface area contributed by atoms with E-state index in [0.29, 0.717) is 11.8 Å². The zero-order valence-corrected chi connectivity index (χ0v) is 8.42. The smallest absolute Gasteiger partial charge is 0.192 e. The molecule has 3 nitrogen and oxygen atoms in total. The van der Waals surface area contributed by atoms with Crippen LogP contribution in [-0.4, -0.2) is 16.3 Å². The Morgan fingerprint density at radius 1 is 0.938 bits per heavy atom. The second-order valence-corrected chi connectivity index (χ2v) is 3.06. The van der Waals surface area contributed by atoms with E-state index in [9.17, 15) is 4.79 Å². The van der Waals surface area contributed by atoms with Gasteiger partial charge in [0.05, 0.1) is 5.56 Å². The molecule has 0 aliphatic heterocycles. The SMILES string of the molecule is O=Cc1ncc(C#Cc2ccccc2)cn1. The number of nitrogens with zero attached hydrogens (tertiary/aromatic N) is 2. The first-order valence-electron chi connectivity index (χ1n) is 4.73. The summed E-state index contributed by atoms with van der Waals surface area (Å²) in [6.45, 7) is 0. The van der Waals surface area contributed by atoms with Crippen molar-refractivity contribution in [3.63, 3.8) is 0 Å². The predicted molar refractivity (Wildman–Crippen MR) is 59.8 cm³/mol. The highest BCUT2D eigenvalue weighted by atomic mass is 16.1. The molecule has 2 rings (SSSR count). The summed E-state index contributed by atoms with van der Waals surface area (Å²) < 4.78 is 0. The molecule has 1 heterocycles. The van der Waals surface area contributed by atoms with Gasteiger partial charge in [0.2, 0.25) is 0 Å². The highest BCUT2D eigenvalue weighted by molar-refractivity contribution is 5.68. The summed E-state index contributed by atoms with van der Waals surface area (Å²) >= 11 is 0. The molecule has 76 valence electrons. The Balaban J connectivity index is 2.21. The molecule has 0 bridgehead atoms. The lowest BCUT2D eigenvalue weighted by molar-refractivity contribution is 0.111. The van der Waals surface area contributed by atoms with Crippen molar-refractivity contribution in [1.29, 1.82) is 0 Å². The molecule has 0 radical (unpaired) electrons. The minimum absolute atomic E-state index is 0.172. The first-order valence-corrected chi connectivity index (χ1v) is 4.73. The molecule has 0 spiro atoms. The van der Waals surface area contributed by atoms with Gasteiger partial charge >= 0.3 is 0 Å². The van der Waals surface area contributed by atoms with Gasteiger partial charge in [-0.3, -0.25) is 4.79 Å². The fraction of sp³-hybridized carbons (Fsp3) is 0. The molecule has 0 N–H and O–H groups in total. The monoisotopic (exact) mass is 208 g/mol. The maximum absolute atomic E-state index is 10.3. The van der Waals surface area contributed by atoms with Gasteiger partial charge in [0.15, 0.2) is 12.1 Å². The van der Waals surface area contributed by atoms with Crippen molar-refractivity contribution in [2.75, 3.05) is 0 Å². The van der Waals surface area contributed by atoms with E-state index in [1.54, 1.807) is 0 Å². The average molecular weight is 208 g/mol. The van der Waals surface area contributed by atoms with Crippen LogP contribution in [0.1, 0.15) is 21.7 Å². The maximum Gasteiger partial charge on any atom is 0.192 e. The van der Waals surface area contributed by atoms with Crippen LogP contribution in [0.3, 0.4) is 0 Å². The van der Waals surface area contributed by atoms with Crippen LogP contribution in [0.5, 0.6) is 0 Å². The van der Waals surface area contributed by atoms with Crippen LogP contribution in [0.25, 0.3) is 0 Å². The van der Waals surface area contributed by atoms with E-state index < -0.39 is 0 Å². The third-order valence-corrected chi connectivity index (χ3v) is 1.90. The molecule has 2 aromatic rings. The zero-order valence-electron chi connectivity index (χ0n) is 8.42. The lowest BCUT2D eigenvalue weighted by Gasteiger charge is -1.90. The lowest BCUT2D eigenvalue weighted by Crippen LogP contribution is -1.91. The quantitative estimate of drug-likeness (QED) is 0.529. The van der Waals surface area contributed by atoms with Gasteiger partial charge in [-0.2, -0.15) is 0 Å². The Labute approximate surface area is 93.2 Å². The molecular formula is C13H8N2O. The summed E-state index contributed by atoms with van der Waals surface area (Å²) in [5.74, 6) is 6.07. The van der Waals surface area contributed by atoms with Crippen molar-refractivity contribution < 1.29 is 4.79 Å². The van der Waals surface area contributed by atoms with Crippen LogP contribution in [0.4, 0.5) is 0 Å². The molecule has 1 aromatic heterocycles. The Morgan fingerprint density at radius 2 is 1.56 bits per heavy atom. The molecular weight excluding hydrogens is 200 g/mol. The topological polar surface area (TPSA) is 42.9 Å². The molecule has 0 fully saturated rings. The van der Waals surface area contributed by atoms with E-state index in [0.717, 1.165) is 5.56 Å². The van der Waals surface area contributed by atoms with E-state index >= 15 is 0 Å². The number of carbonyl (C=O) groups excluding carboxylic acids is 1.